The number of unbranched alkanes of at least 4 members (excludes halogenated alkanes) is 3. The van der Waals surface area contributed by atoms with Crippen LogP contribution in [0.1, 0.15) is 38.2 Å². The molecule has 2 N–H and O–H groups in total. The van der Waals surface area contributed by atoms with Crippen LogP contribution in [0.5, 0.6) is 0 Å². The predicted molar refractivity (Wildman–Crippen MR) is 123 cm³/mol. The molecule has 6 nitrogen and oxygen atoms in total. The van der Waals surface area contributed by atoms with E-state index in [1.165, 1.54) is 19.2 Å². The van der Waals surface area contributed by atoms with Crippen molar-refractivity contribution in [3.05, 3.63) is 54.4 Å². The molecular weight excluding hydrogens is 374 g/mol. The number of hydrogen-bond donors (Lipinski definition) is 2. The fourth-order valence-corrected chi connectivity index (χ4v) is 3.15. The number of rotatable bonds is 8. The minimum atomic E-state index is -0.126. The number of carbonyl (C=O) groups is 1. The van der Waals surface area contributed by atoms with Gasteiger partial charge in [0.05, 0.1) is 5.52 Å². The van der Waals surface area contributed by atoms with Crippen LogP contribution in [0.2, 0.25) is 0 Å². The van der Waals surface area contributed by atoms with Crippen molar-refractivity contribution in [3.8, 4) is 12.3 Å². The van der Waals surface area contributed by atoms with Gasteiger partial charge in [0.2, 0.25) is 0 Å². The smallest absolute Gasteiger partial charge is 0.321 e. The third kappa shape index (κ3) is 5.48. The maximum absolute atomic E-state index is 12.5. The number of fused-ring (bicyclic) bond motifs is 1. The fraction of sp³-hybridized carbons (Fsp3) is 0.292. The summed E-state index contributed by atoms with van der Waals surface area (Å²) in [7, 11) is 1.82. The van der Waals surface area contributed by atoms with Crippen molar-refractivity contribution in [1.29, 1.82) is 0 Å². The fourth-order valence-electron chi connectivity index (χ4n) is 3.15. The largest absolute Gasteiger partial charge is 0.340 e. The van der Waals surface area contributed by atoms with Gasteiger partial charge in [-0.2, -0.15) is 0 Å². The SMILES string of the molecule is C#Cc1cccc(Nc2ncnc3ccc(NC(=O)N(C)CCCCCC)cc23)c1. The van der Waals surface area contributed by atoms with Crippen molar-refractivity contribution in [2.75, 3.05) is 24.2 Å². The number of anilines is 3. The van der Waals surface area contributed by atoms with Gasteiger partial charge in [0.15, 0.2) is 0 Å². The number of amides is 2. The zero-order valence-corrected chi connectivity index (χ0v) is 17.5. The van der Waals surface area contributed by atoms with Gasteiger partial charge in [-0.3, -0.25) is 0 Å². The van der Waals surface area contributed by atoms with Gasteiger partial charge in [0, 0.05) is 35.9 Å². The van der Waals surface area contributed by atoms with Crippen molar-refractivity contribution in [2.45, 2.75) is 32.6 Å². The van der Waals surface area contributed by atoms with Crippen LogP contribution in [0.4, 0.5) is 22.0 Å². The number of hydrogen-bond acceptors (Lipinski definition) is 4. The first kappa shape index (κ1) is 21.1. The van der Waals surface area contributed by atoms with Gasteiger partial charge in [0.1, 0.15) is 12.1 Å². The van der Waals surface area contributed by atoms with Gasteiger partial charge in [-0.25, -0.2) is 14.8 Å². The average Bonchev–Trinajstić information content (AvgIpc) is 2.77. The minimum absolute atomic E-state index is 0.126. The summed E-state index contributed by atoms with van der Waals surface area (Å²) >= 11 is 0. The van der Waals surface area contributed by atoms with E-state index in [-0.39, 0.29) is 6.03 Å². The summed E-state index contributed by atoms with van der Waals surface area (Å²) in [4.78, 5) is 22.9. The minimum Gasteiger partial charge on any atom is -0.340 e. The second-order valence-electron chi connectivity index (χ2n) is 7.22. The lowest BCUT2D eigenvalue weighted by molar-refractivity contribution is 0.221. The van der Waals surface area contributed by atoms with Gasteiger partial charge in [-0.15, -0.1) is 6.42 Å². The number of urea groups is 1. The molecule has 0 atom stereocenters. The molecular formula is C24H27N5O. The summed E-state index contributed by atoms with van der Waals surface area (Å²) in [5, 5.41) is 7.07. The second kappa shape index (κ2) is 10.3. The monoisotopic (exact) mass is 401 g/mol. The van der Waals surface area contributed by atoms with Crippen LogP contribution in [0.3, 0.4) is 0 Å². The molecule has 3 aromatic rings. The topological polar surface area (TPSA) is 70.1 Å². The highest BCUT2D eigenvalue weighted by molar-refractivity contribution is 5.96. The van der Waals surface area contributed by atoms with E-state index in [1.807, 2.05) is 49.5 Å². The molecule has 6 heteroatoms. The standard InChI is InChI=1S/C24H27N5O/c1-4-6-7-8-14-29(3)24(30)28-20-12-13-22-21(16-20)23(26-17-25-22)27-19-11-9-10-18(5-2)15-19/h2,9-13,15-17H,4,6-8,14H2,1,3H3,(H,28,30)(H,25,26,27). The number of nitrogens with one attached hydrogen (secondary N) is 2. The average molecular weight is 402 g/mol. The molecule has 0 bridgehead atoms. The Labute approximate surface area is 177 Å². The lowest BCUT2D eigenvalue weighted by Crippen LogP contribution is -2.32. The van der Waals surface area contributed by atoms with Crippen molar-refractivity contribution >= 4 is 34.1 Å². The van der Waals surface area contributed by atoms with E-state index in [4.69, 9.17) is 6.42 Å². The molecule has 0 saturated carbocycles. The van der Waals surface area contributed by atoms with E-state index in [9.17, 15) is 4.79 Å². The molecule has 0 aliphatic rings. The van der Waals surface area contributed by atoms with Crippen LogP contribution in [-0.4, -0.2) is 34.5 Å². The van der Waals surface area contributed by atoms with E-state index in [0.717, 1.165) is 41.5 Å². The van der Waals surface area contributed by atoms with Crippen LogP contribution in [0.25, 0.3) is 10.9 Å². The van der Waals surface area contributed by atoms with Crippen LogP contribution >= 0.6 is 0 Å². The van der Waals surface area contributed by atoms with Gasteiger partial charge in [-0.1, -0.05) is 38.2 Å². The molecule has 0 radical (unpaired) electrons. The highest BCUT2D eigenvalue weighted by Crippen LogP contribution is 2.26. The molecule has 0 aliphatic carbocycles. The molecule has 1 heterocycles. The van der Waals surface area contributed by atoms with Gasteiger partial charge in [0.25, 0.3) is 0 Å². The Bertz CT molecular complexity index is 1060. The number of nitrogens with zero attached hydrogens (tertiary/aromatic N) is 3. The highest BCUT2D eigenvalue weighted by Gasteiger charge is 2.11. The molecule has 0 saturated heterocycles. The van der Waals surface area contributed by atoms with Crippen LogP contribution < -0.4 is 10.6 Å². The Morgan fingerprint density at radius 1 is 1.10 bits per heavy atom. The van der Waals surface area contributed by atoms with Crippen molar-refractivity contribution < 1.29 is 4.79 Å². The van der Waals surface area contributed by atoms with Gasteiger partial charge >= 0.3 is 6.03 Å². The van der Waals surface area contributed by atoms with E-state index < -0.39 is 0 Å². The van der Waals surface area contributed by atoms with Crippen molar-refractivity contribution in [2.24, 2.45) is 0 Å². The highest BCUT2D eigenvalue weighted by atomic mass is 16.2. The second-order valence-corrected chi connectivity index (χ2v) is 7.22. The molecule has 0 spiro atoms. The van der Waals surface area contributed by atoms with Crippen molar-refractivity contribution in [1.82, 2.24) is 14.9 Å². The van der Waals surface area contributed by atoms with Crippen LogP contribution in [0.15, 0.2) is 48.8 Å². The Kier molecular flexibility index (Phi) is 7.23. The molecule has 0 aliphatic heterocycles. The number of benzene rings is 2. The molecule has 0 fully saturated rings. The molecule has 3 rings (SSSR count). The maximum atomic E-state index is 12.5. The molecule has 0 unspecified atom stereocenters. The summed E-state index contributed by atoms with van der Waals surface area (Å²) in [6.07, 6.45) is 11.5. The Hall–Kier alpha value is -3.59. The number of carbonyl (C=O) groups excluding carboxylic acids is 1. The Balaban J connectivity index is 1.75. The lowest BCUT2D eigenvalue weighted by atomic mass is 10.2. The Morgan fingerprint density at radius 3 is 2.77 bits per heavy atom. The molecule has 2 aromatic carbocycles. The summed E-state index contributed by atoms with van der Waals surface area (Å²) in [6, 6.07) is 13.0. The van der Waals surface area contributed by atoms with Gasteiger partial charge in [-0.05, 0) is 42.8 Å². The van der Waals surface area contributed by atoms with Crippen LogP contribution in [0, 0.1) is 12.3 Å². The van der Waals surface area contributed by atoms with E-state index in [1.54, 1.807) is 4.90 Å². The van der Waals surface area contributed by atoms with E-state index >= 15 is 0 Å². The summed E-state index contributed by atoms with van der Waals surface area (Å²) in [6.45, 7) is 2.91. The first-order chi connectivity index (χ1) is 14.6. The zero-order chi connectivity index (χ0) is 21.3. The lowest BCUT2D eigenvalue weighted by Gasteiger charge is -2.18. The Morgan fingerprint density at radius 2 is 1.97 bits per heavy atom. The first-order valence-corrected chi connectivity index (χ1v) is 10.2. The first-order valence-electron chi connectivity index (χ1n) is 10.2. The van der Waals surface area contributed by atoms with Gasteiger partial charge < -0.3 is 15.5 Å². The van der Waals surface area contributed by atoms with E-state index in [0.29, 0.717) is 11.5 Å². The van der Waals surface area contributed by atoms with E-state index in [2.05, 4.69) is 33.4 Å². The summed E-state index contributed by atoms with van der Waals surface area (Å²) < 4.78 is 0. The molecule has 30 heavy (non-hydrogen) atoms. The molecule has 2 amide bonds. The van der Waals surface area contributed by atoms with Crippen molar-refractivity contribution in [3.63, 3.8) is 0 Å². The normalized spacial score (nSPS) is 10.4. The summed E-state index contributed by atoms with van der Waals surface area (Å²) in [5.41, 5.74) is 3.11. The van der Waals surface area contributed by atoms with Crippen LogP contribution in [-0.2, 0) is 0 Å². The third-order valence-corrected chi connectivity index (χ3v) is 4.87. The molecule has 154 valence electrons. The number of aromatic nitrogens is 2. The predicted octanol–water partition coefficient (Wildman–Crippen LogP) is 5.40. The maximum Gasteiger partial charge on any atom is 0.321 e. The third-order valence-electron chi connectivity index (χ3n) is 4.87. The quantitative estimate of drug-likeness (QED) is 0.392. The number of terminal acetylenes is 1. The summed E-state index contributed by atoms with van der Waals surface area (Å²) in [5.74, 6) is 3.28. The molecule has 1 aromatic heterocycles. The zero-order valence-electron chi connectivity index (χ0n) is 17.5.